The summed E-state index contributed by atoms with van der Waals surface area (Å²) in [5.74, 6) is 0.469. The molecule has 0 spiro atoms. The second kappa shape index (κ2) is 5.50. The number of ether oxygens (including phenoxy) is 1. The van der Waals surface area contributed by atoms with Gasteiger partial charge in [-0.15, -0.1) is 11.6 Å². The molecule has 0 unspecified atom stereocenters. The van der Waals surface area contributed by atoms with Gasteiger partial charge in [0.1, 0.15) is 19.0 Å². The number of halogens is 2. The van der Waals surface area contributed by atoms with Crippen molar-refractivity contribution in [1.82, 2.24) is 0 Å². The molecule has 0 aromatic heterocycles. The van der Waals surface area contributed by atoms with Gasteiger partial charge in [-0.2, -0.15) is 0 Å². The van der Waals surface area contributed by atoms with Gasteiger partial charge in [0.2, 0.25) is 0 Å². The van der Waals surface area contributed by atoms with Gasteiger partial charge in [0, 0.05) is 17.7 Å². The minimum absolute atomic E-state index is 0.0572. The van der Waals surface area contributed by atoms with Crippen molar-refractivity contribution in [2.45, 2.75) is 5.88 Å². The highest BCUT2D eigenvalue weighted by molar-refractivity contribution is 6.17. The fraction of sp³-hybridized carbons (Fsp3) is 0.333. The first-order valence-electron chi connectivity index (χ1n) is 4.21. The lowest BCUT2D eigenvalue weighted by atomic mass is 10.2. The first-order valence-corrected chi connectivity index (χ1v) is 4.74. The van der Waals surface area contributed by atoms with E-state index in [9.17, 15) is 14.5 Å². The van der Waals surface area contributed by atoms with Crippen LogP contribution >= 0.6 is 11.6 Å². The number of hydrogen-bond donors (Lipinski definition) is 0. The topological polar surface area (TPSA) is 52.4 Å². The van der Waals surface area contributed by atoms with Crippen molar-refractivity contribution >= 4 is 17.3 Å². The van der Waals surface area contributed by atoms with Gasteiger partial charge in [-0.1, -0.05) is 0 Å². The van der Waals surface area contributed by atoms with Crippen molar-refractivity contribution in [1.29, 1.82) is 0 Å². The third-order valence-electron chi connectivity index (χ3n) is 1.73. The highest BCUT2D eigenvalue weighted by Crippen LogP contribution is 2.25. The molecule has 0 saturated heterocycles. The summed E-state index contributed by atoms with van der Waals surface area (Å²) in [7, 11) is 0. The molecule has 0 aliphatic carbocycles. The molecule has 0 bridgehead atoms. The summed E-state index contributed by atoms with van der Waals surface area (Å²) >= 11 is 5.59. The molecular weight excluding hydrogens is 225 g/mol. The predicted molar refractivity (Wildman–Crippen MR) is 54.1 cm³/mol. The van der Waals surface area contributed by atoms with Gasteiger partial charge < -0.3 is 4.74 Å². The van der Waals surface area contributed by atoms with E-state index in [0.29, 0.717) is 11.3 Å². The van der Waals surface area contributed by atoms with Crippen LogP contribution in [0.2, 0.25) is 0 Å². The maximum Gasteiger partial charge on any atom is 0.270 e. The first-order chi connectivity index (χ1) is 7.19. The van der Waals surface area contributed by atoms with E-state index >= 15 is 0 Å². The van der Waals surface area contributed by atoms with E-state index in [0.717, 1.165) is 0 Å². The fourth-order valence-corrected chi connectivity index (χ4v) is 1.28. The summed E-state index contributed by atoms with van der Waals surface area (Å²) in [6, 6.07) is 4.04. The van der Waals surface area contributed by atoms with Crippen molar-refractivity contribution in [2.24, 2.45) is 0 Å². The van der Waals surface area contributed by atoms with E-state index < -0.39 is 11.6 Å². The Bertz CT molecular complexity index is 359. The third kappa shape index (κ3) is 3.06. The zero-order valence-corrected chi connectivity index (χ0v) is 8.54. The van der Waals surface area contributed by atoms with Crippen LogP contribution in [0.1, 0.15) is 5.56 Å². The standard InChI is InChI=1S/C9H9ClFNO3/c10-6-7-5-8(12(13)14)1-2-9(7)15-4-3-11/h1-2,5H,3-4,6H2. The molecule has 1 rings (SSSR count). The summed E-state index contributed by atoms with van der Waals surface area (Å²) in [5.41, 5.74) is 0.428. The number of hydrogen-bond acceptors (Lipinski definition) is 3. The maximum absolute atomic E-state index is 11.9. The Morgan fingerprint density at radius 3 is 2.80 bits per heavy atom. The molecule has 0 fully saturated rings. The molecular formula is C9H9ClFNO3. The molecule has 0 radical (unpaired) electrons. The van der Waals surface area contributed by atoms with Crippen molar-refractivity contribution in [3.05, 3.63) is 33.9 Å². The molecule has 0 aliphatic heterocycles. The van der Waals surface area contributed by atoms with Crippen molar-refractivity contribution in [3.63, 3.8) is 0 Å². The minimum Gasteiger partial charge on any atom is -0.491 e. The number of non-ortho nitro benzene ring substituents is 1. The third-order valence-corrected chi connectivity index (χ3v) is 2.02. The van der Waals surface area contributed by atoms with Crippen LogP contribution in [0.15, 0.2) is 18.2 Å². The molecule has 82 valence electrons. The SMILES string of the molecule is O=[N+]([O-])c1ccc(OCCF)c(CCl)c1. The van der Waals surface area contributed by atoms with E-state index in [1.807, 2.05) is 0 Å². The maximum atomic E-state index is 11.9. The minimum atomic E-state index is -0.612. The molecule has 1 aromatic rings. The Hall–Kier alpha value is -1.36. The molecule has 0 N–H and O–H groups in total. The monoisotopic (exact) mass is 233 g/mol. The Kier molecular flexibility index (Phi) is 4.30. The van der Waals surface area contributed by atoms with Crippen LogP contribution in [0.3, 0.4) is 0 Å². The number of nitro groups is 1. The highest BCUT2D eigenvalue weighted by atomic mass is 35.5. The van der Waals surface area contributed by atoms with Crippen LogP contribution in [0.4, 0.5) is 10.1 Å². The summed E-state index contributed by atoms with van der Waals surface area (Å²) in [6.45, 7) is -0.694. The first kappa shape index (κ1) is 11.7. The molecule has 4 nitrogen and oxygen atoms in total. The molecule has 1 aromatic carbocycles. The van der Waals surface area contributed by atoms with Gasteiger partial charge >= 0.3 is 0 Å². The largest absolute Gasteiger partial charge is 0.491 e. The van der Waals surface area contributed by atoms with E-state index in [1.54, 1.807) is 0 Å². The van der Waals surface area contributed by atoms with Crippen LogP contribution in [0.5, 0.6) is 5.75 Å². The number of benzene rings is 1. The second-order valence-electron chi connectivity index (χ2n) is 2.72. The number of nitrogens with zero attached hydrogens (tertiary/aromatic N) is 1. The van der Waals surface area contributed by atoms with Crippen molar-refractivity contribution in [2.75, 3.05) is 13.3 Å². The van der Waals surface area contributed by atoms with Crippen LogP contribution < -0.4 is 4.74 Å². The zero-order valence-electron chi connectivity index (χ0n) is 7.78. The highest BCUT2D eigenvalue weighted by Gasteiger charge is 2.10. The summed E-state index contributed by atoms with van der Waals surface area (Å²) in [4.78, 5) is 9.94. The molecule has 0 amide bonds. The molecule has 15 heavy (non-hydrogen) atoms. The second-order valence-corrected chi connectivity index (χ2v) is 2.99. The fourth-order valence-electron chi connectivity index (χ4n) is 1.07. The van der Waals surface area contributed by atoms with Crippen LogP contribution in [0, 0.1) is 10.1 Å². The summed E-state index contributed by atoms with van der Waals surface area (Å²) in [6.07, 6.45) is 0. The smallest absolute Gasteiger partial charge is 0.270 e. The van der Waals surface area contributed by atoms with Gasteiger partial charge in [0.25, 0.3) is 5.69 Å². The average molecular weight is 234 g/mol. The Morgan fingerprint density at radius 2 is 2.27 bits per heavy atom. The lowest BCUT2D eigenvalue weighted by Gasteiger charge is -2.07. The Labute approximate surface area is 90.8 Å². The van der Waals surface area contributed by atoms with E-state index in [-0.39, 0.29) is 18.2 Å². The quantitative estimate of drug-likeness (QED) is 0.446. The van der Waals surface area contributed by atoms with Crippen LogP contribution in [-0.2, 0) is 5.88 Å². The van der Waals surface area contributed by atoms with Gasteiger partial charge in [0.05, 0.1) is 10.8 Å². The summed E-state index contributed by atoms with van der Waals surface area (Å²) in [5, 5.41) is 10.5. The summed E-state index contributed by atoms with van der Waals surface area (Å²) < 4.78 is 16.9. The van der Waals surface area contributed by atoms with E-state index in [4.69, 9.17) is 16.3 Å². The average Bonchev–Trinajstić information content (AvgIpc) is 2.25. The number of nitro benzene ring substituents is 1. The molecule has 0 aliphatic rings. The Morgan fingerprint density at radius 1 is 1.53 bits per heavy atom. The lowest BCUT2D eigenvalue weighted by Crippen LogP contribution is -2.01. The van der Waals surface area contributed by atoms with Gasteiger partial charge in [-0.05, 0) is 6.07 Å². The number of rotatable bonds is 5. The van der Waals surface area contributed by atoms with E-state index in [1.165, 1.54) is 18.2 Å². The van der Waals surface area contributed by atoms with Crippen LogP contribution in [-0.4, -0.2) is 18.2 Å². The molecule has 0 saturated carbocycles. The predicted octanol–water partition coefficient (Wildman–Crippen LogP) is 2.68. The molecule has 6 heteroatoms. The zero-order chi connectivity index (χ0) is 11.3. The number of alkyl halides is 2. The Balaban J connectivity index is 2.93. The normalized spacial score (nSPS) is 10.0. The molecule has 0 heterocycles. The van der Waals surface area contributed by atoms with Crippen LogP contribution in [0.25, 0.3) is 0 Å². The van der Waals surface area contributed by atoms with Gasteiger partial charge in [0.15, 0.2) is 0 Å². The van der Waals surface area contributed by atoms with Gasteiger partial charge in [-0.3, -0.25) is 10.1 Å². The van der Waals surface area contributed by atoms with Gasteiger partial charge in [-0.25, -0.2) is 4.39 Å². The van der Waals surface area contributed by atoms with Crippen molar-refractivity contribution < 1.29 is 14.1 Å². The van der Waals surface area contributed by atoms with E-state index in [2.05, 4.69) is 0 Å². The lowest BCUT2D eigenvalue weighted by molar-refractivity contribution is -0.384. The van der Waals surface area contributed by atoms with Crippen molar-refractivity contribution in [3.8, 4) is 5.75 Å². The molecule has 0 atom stereocenters.